The number of hydrogen-bond acceptors (Lipinski definition) is 6. The monoisotopic (exact) mass is 306 g/mol. The van der Waals surface area contributed by atoms with Gasteiger partial charge < -0.3 is 9.76 Å². The zero-order chi connectivity index (χ0) is 15.3. The molecule has 0 radical (unpaired) electrons. The molecule has 1 atom stereocenters. The van der Waals surface area contributed by atoms with Crippen molar-refractivity contribution < 1.29 is 22.4 Å². The van der Waals surface area contributed by atoms with Crippen molar-refractivity contribution in [3.8, 4) is 0 Å². The third-order valence-electron chi connectivity index (χ3n) is 2.74. The average molecular weight is 306 g/mol. The van der Waals surface area contributed by atoms with Crippen molar-refractivity contribution in [2.75, 3.05) is 0 Å². The van der Waals surface area contributed by atoms with E-state index in [9.17, 15) is 18.2 Å². The van der Waals surface area contributed by atoms with Crippen LogP contribution in [0.3, 0.4) is 0 Å². The van der Waals surface area contributed by atoms with Crippen LogP contribution in [-0.2, 0) is 14.6 Å². The second-order valence-corrected chi connectivity index (χ2v) is 5.16. The summed E-state index contributed by atoms with van der Waals surface area (Å²) in [5, 5.41) is 12.3. The quantitative estimate of drug-likeness (QED) is 0.300. The van der Waals surface area contributed by atoms with Gasteiger partial charge in [-0.2, -0.15) is 0 Å². The van der Waals surface area contributed by atoms with Crippen molar-refractivity contribution in [3.05, 3.63) is 71.8 Å². The number of hydrogen-bond donors (Lipinski definition) is 1. The zero-order valence-electron chi connectivity index (χ0n) is 10.8. The molecule has 2 aromatic carbocycles. The summed E-state index contributed by atoms with van der Waals surface area (Å²) in [6, 6.07) is 16.5. The Labute approximate surface area is 122 Å². The molecule has 0 heterocycles. The summed E-state index contributed by atoms with van der Waals surface area (Å²) in [7, 11) is -4.98. The minimum absolute atomic E-state index is 0.0683. The van der Waals surface area contributed by atoms with Gasteiger partial charge in [-0.15, -0.1) is 0 Å². The summed E-state index contributed by atoms with van der Waals surface area (Å²) in [4.78, 5) is 0. The molecule has 1 unspecified atom stereocenters. The standard InChI is InChI=1S/C14H13NO5S/c16-15-13(11-7-3-1-4-8-11)14(20-21(17,18)19)12-9-5-2-6-10-12/h1-10,14,16H,(H,17,18,19)/p-1/b15-13-. The lowest BCUT2D eigenvalue weighted by Crippen LogP contribution is -2.21. The first-order valence-corrected chi connectivity index (χ1v) is 7.31. The average Bonchev–Trinajstić information content (AvgIpc) is 2.48. The van der Waals surface area contributed by atoms with Gasteiger partial charge >= 0.3 is 0 Å². The number of nitrogens with zero attached hydrogens (tertiary/aromatic N) is 1. The maximum absolute atomic E-state index is 11.0. The van der Waals surface area contributed by atoms with Crippen molar-refractivity contribution in [1.29, 1.82) is 0 Å². The summed E-state index contributed by atoms with van der Waals surface area (Å²) in [6.45, 7) is 0. The SMILES string of the molecule is O=S(=O)([O-])OC(/C(=N\O)c1ccccc1)c1ccccc1. The molecule has 0 amide bonds. The Morgan fingerprint density at radius 2 is 1.57 bits per heavy atom. The van der Waals surface area contributed by atoms with E-state index in [-0.39, 0.29) is 5.71 Å². The van der Waals surface area contributed by atoms with Gasteiger partial charge in [0.1, 0.15) is 11.8 Å². The summed E-state index contributed by atoms with van der Waals surface area (Å²) >= 11 is 0. The molecule has 0 bridgehead atoms. The van der Waals surface area contributed by atoms with Crippen molar-refractivity contribution >= 4 is 16.1 Å². The van der Waals surface area contributed by atoms with E-state index >= 15 is 0 Å². The molecule has 110 valence electrons. The molecule has 6 nitrogen and oxygen atoms in total. The highest BCUT2D eigenvalue weighted by atomic mass is 32.3. The maximum atomic E-state index is 11.0. The molecule has 0 aliphatic carbocycles. The van der Waals surface area contributed by atoms with Crippen LogP contribution in [0.1, 0.15) is 17.2 Å². The summed E-state index contributed by atoms with van der Waals surface area (Å²) < 4.78 is 37.4. The van der Waals surface area contributed by atoms with Crippen molar-refractivity contribution in [3.63, 3.8) is 0 Å². The van der Waals surface area contributed by atoms with Gasteiger partial charge in [-0.1, -0.05) is 65.8 Å². The second kappa shape index (κ2) is 6.49. The number of rotatable bonds is 5. The zero-order valence-corrected chi connectivity index (χ0v) is 11.6. The van der Waals surface area contributed by atoms with E-state index in [0.717, 1.165) is 0 Å². The Morgan fingerprint density at radius 1 is 1.05 bits per heavy atom. The van der Waals surface area contributed by atoms with Gasteiger partial charge in [0, 0.05) is 5.56 Å². The first kappa shape index (κ1) is 15.2. The van der Waals surface area contributed by atoms with Crippen LogP contribution in [0.2, 0.25) is 0 Å². The van der Waals surface area contributed by atoms with Crippen molar-refractivity contribution in [2.45, 2.75) is 6.10 Å². The first-order chi connectivity index (χ1) is 10.0. The molecular formula is C14H12NO5S-. The van der Waals surface area contributed by atoms with E-state index in [0.29, 0.717) is 11.1 Å². The highest BCUT2D eigenvalue weighted by Gasteiger charge is 2.24. The first-order valence-electron chi connectivity index (χ1n) is 5.97. The fourth-order valence-electron chi connectivity index (χ4n) is 1.88. The van der Waals surface area contributed by atoms with Gasteiger partial charge in [-0.25, -0.2) is 8.42 Å². The largest absolute Gasteiger partial charge is 0.725 e. The molecule has 21 heavy (non-hydrogen) atoms. The van der Waals surface area contributed by atoms with Crippen LogP contribution >= 0.6 is 0 Å². The summed E-state index contributed by atoms with van der Waals surface area (Å²) in [6.07, 6.45) is -1.32. The Balaban J connectivity index is 2.49. The molecule has 0 spiro atoms. The normalized spacial score (nSPS) is 13.9. The Bertz CT molecular complexity index is 714. The van der Waals surface area contributed by atoms with E-state index < -0.39 is 16.5 Å². The third kappa shape index (κ3) is 4.12. The van der Waals surface area contributed by atoms with Crippen LogP contribution < -0.4 is 0 Å². The lowest BCUT2D eigenvalue weighted by Gasteiger charge is -2.20. The predicted octanol–water partition coefficient (Wildman–Crippen LogP) is 2.08. The smallest absolute Gasteiger partial charge is 0.218 e. The Kier molecular flexibility index (Phi) is 4.69. The second-order valence-electron chi connectivity index (χ2n) is 4.15. The van der Waals surface area contributed by atoms with Crippen molar-refractivity contribution in [2.24, 2.45) is 5.16 Å². The molecule has 2 aromatic rings. The van der Waals surface area contributed by atoms with Gasteiger partial charge in [-0.05, 0) is 5.56 Å². The van der Waals surface area contributed by atoms with Crippen LogP contribution in [0.4, 0.5) is 0 Å². The maximum Gasteiger partial charge on any atom is 0.218 e. The molecule has 0 saturated heterocycles. The molecule has 0 aliphatic heterocycles. The molecule has 0 saturated carbocycles. The molecule has 1 N–H and O–H groups in total. The van der Waals surface area contributed by atoms with E-state index in [1.807, 2.05) is 0 Å². The van der Waals surface area contributed by atoms with Gasteiger partial charge in [-0.3, -0.25) is 4.18 Å². The van der Waals surface area contributed by atoms with Gasteiger partial charge in [0.05, 0.1) is 0 Å². The summed E-state index contributed by atoms with van der Waals surface area (Å²) in [5.74, 6) is 0. The molecule has 2 rings (SSSR count). The lowest BCUT2D eigenvalue weighted by atomic mass is 9.99. The number of oxime groups is 1. The molecule has 7 heteroatoms. The highest BCUT2D eigenvalue weighted by molar-refractivity contribution is 7.80. The molecule has 0 fully saturated rings. The van der Waals surface area contributed by atoms with Crippen molar-refractivity contribution in [1.82, 2.24) is 0 Å². The van der Waals surface area contributed by atoms with E-state index in [2.05, 4.69) is 9.34 Å². The molecule has 0 aliphatic rings. The van der Waals surface area contributed by atoms with Gasteiger partial charge in [0.15, 0.2) is 0 Å². The highest BCUT2D eigenvalue weighted by Crippen LogP contribution is 2.24. The minimum Gasteiger partial charge on any atom is -0.725 e. The van der Waals surface area contributed by atoms with Crippen LogP contribution in [-0.4, -0.2) is 23.9 Å². The van der Waals surface area contributed by atoms with E-state index in [1.54, 1.807) is 60.7 Å². The fraction of sp³-hybridized carbons (Fsp3) is 0.0714. The lowest BCUT2D eigenvalue weighted by molar-refractivity contribution is 0.224. The molecular weight excluding hydrogens is 294 g/mol. The van der Waals surface area contributed by atoms with E-state index in [4.69, 9.17) is 0 Å². The summed E-state index contributed by atoms with van der Waals surface area (Å²) in [5.41, 5.74) is 0.757. The Hall–Kier alpha value is -2.22. The predicted molar refractivity (Wildman–Crippen MR) is 74.7 cm³/mol. The van der Waals surface area contributed by atoms with Crippen LogP contribution in [0.15, 0.2) is 65.8 Å². The fourth-order valence-corrected chi connectivity index (χ4v) is 2.31. The number of benzene rings is 2. The topological polar surface area (TPSA) is 99.0 Å². The van der Waals surface area contributed by atoms with Crippen LogP contribution in [0, 0.1) is 0 Å². The van der Waals surface area contributed by atoms with E-state index in [1.165, 1.54) is 0 Å². The Morgan fingerprint density at radius 3 is 2.05 bits per heavy atom. The van der Waals surface area contributed by atoms with Crippen LogP contribution in [0.5, 0.6) is 0 Å². The third-order valence-corrected chi connectivity index (χ3v) is 3.17. The minimum atomic E-state index is -4.98. The molecule has 0 aromatic heterocycles. The van der Waals surface area contributed by atoms with Gasteiger partial charge in [0.2, 0.25) is 10.4 Å². The van der Waals surface area contributed by atoms with Crippen LogP contribution in [0.25, 0.3) is 0 Å². The van der Waals surface area contributed by atoms with Gasteiger partial charge in [0.25, 0.3) is 0 Å².